The monoisotopic (exact) mass is 367 g/mol. The van der Waals surface area contributed by atoms with Gasteiger partial charge in [0.25, 0.3) is 5.91 Å². The van der Waals surface area contributed by atoms with E-state index in [4.69, 9.17) is 10.5 Å². The third-order valence-corrected chi connectivity index (χ3v) is 4.74. The molecule has 1 atom stereocenters. The lowest BCUT2D eigenvalue weighted by molar-refractivity contribution is -0.124. The van der Waals surface area contributed by atoms with Gasteiger partial charge in [-0.05, 0) is 72.2 Å². The lowest BCUT2D eigenvalue weighted by Crippen LogP contribution is -2.33. The minimum absolute atomic E-state index is 0.263. The fraction of sp³-hybridized carbons (Fsp3) is 0.348. The summed E-state index contributed by atoms with van der Waals surface area (Å²) in [4.78, 5) is 11.5. The molecule has 0 saturated carbocycles. The van der Waals surface area contributed by atoms with Crippen molar-refractivity contribution in [3.63, 3.8) is 0 Å². The number of rotatable bonds is 8. The maximum absolute atomic E-state index is 11.5. The van der Waals surface area contributed by atoms with E-state index in [1.165, 1.54) is 5.56 Å². The van der Waals surface area contributed by atoms with Crippen molar-refractivity contribution >= 4 is 5.91 Å². The number of hydrogen-bond donors (Lipinski definition) is 2. The Morgan fingerprint density at radius 2 is 1.85 bits per heavy atom. The van der Waals surface area contributed by atoms with Crippen molar-refractivity contribution in [2.24, 2.45) is 5.73 Å². The van der Waals surface area contributed by atoms with Crippen molar-refractivity contribution < 1.29 is 14.6 Å². The number of primary amides is 1. The zero-order chi connectivity index (χ0) is 20.1. The van der Waals surface area contributed by atoms with Crippen molar-refractivity contribution in [2.75, 3.05) is 0 Å². The molecule has 0 fully saturated rings. The van der Waals surface area contributed by atoms with E-state index in [1.54, 1.807) is 12.1 Å². The van der Waals surface area contributed by atoms with E-state index < -0.39 is 12.0 Å². The van der Waals surface area contributed by atoms with Crippen LogP contribution in [0.3, 0.4) is 0 Å². The third kappa shape index (κ3) is 5.13. The molecule has 0 bridgehead atoms. The van der Waals surface area contributed by atoms with Gasteiger partial charge >= 0.3 is 0 Å². The molecular formula is C23H29NO3. The second-order valence-electron chi connectivity index (χ2n) is 7.29. The maximum Gasteiger partial charge on any atom is 0.258 e. The molecule has 0 radical (unpaired) electrons. The van der Waals surface area contributed by atoms with Crippen LogP contribution in [0.2, 0.25) is 0 Å². The van der Waals surface area contributed by atoms with Crippen molar-refractivity contribution in [3.05, 3.63) is 70.8 Å². The molecule has 2 aromatic carbocycles. The summed E-state index contributed by atoms with van der Waals surface area (Å²) < 4.78 is 5.77. The van der Waals surface area contributed by atoms with E-state index in [2.05, 4.69) is 26.5 Å². The summed E-state index contributed by atoms with van der Waals surface area (Å²) in [5, 5.41) is 10.0. The number of benzene rings is 2. The number of phenols is 1. The van der Waals surface area contributed by atoms with Crippen LogP contribution >= 0.6 is 0 Å². The van der Waals surface area contributed by atoms with Crippen molar-refractivity contribution in [3.8, 4) is 11.5 Å². The van der Waals surface area contributed by atoms with Gasteiger partial charge in [-0.3, -0.25) is 4.79 Å². The first-order valence-electron chi connectivity index (χ1n) is 9.21. The summed E-state index contributed by atoms with van der Waals surface area (Å²) >= 11 is 0. The molecule has 27 heavy (non-hydrogen) atoms. The van der Waals surface area contributed by atoms with Gasteiger partial charge in [0.1, 0.15) is 11.5 Å². The number of carbonyl (C=O) groups excluding carboxylic acids is 1. The van der Waals surface area contributed by atoms with Crippen LogP contribution in [0.4, 0.5) is 0 Å². The molecular weight excluding hydrogens is 338 g/mol. The smallest absolute Gasteiger partial charge is 0.258 e. The van der Waals surface area contributed by atoms with Gasteiger partial charge in [0.15, 0.2) is 6.10 Å². The van der Waals surface area contributed by atoms with Crippen LogP contribution in [-0.2, 0) is 11.2 Å². The van der Waals surface area contributed by atoms with Gasteiger partial charge in [-0.1, -0.05) is 32.1 Å². The molecule has 144 valence electrons. The van der Waals surface area contributed by atoms with Gasteiger partial charge in [0.2, 0.25) is 0 Å². The first kappa shape index (κ1) is 20.6. The molecule has 1 unspecified atom stereocenters. The molecule has 0 aliphatic heterocycles. The van der Waals surface area contributed by atoms with Crippen LogP contribution in [0.25, 0.3) is 0 Å². The number of aryl methyl sites for hydroxylation is 2. The van der Waals surface area contributed by atoms with Crippen LogP contribution in [0.1, 0.15) is 54.0 Å². The molecule has 3 N–H and O–H groups in total. The maximum atomic E-state index is 11.5. The Morgan fingerprint density at radius 3 is 2.37 bits per heavy atom. The molecule has 2 rings (SSSR count). The number of hydrogen-bond acceptors (Lipinski definition) is 3. The third-order valence-electron chi connectivity index (χ3n) is 4.74. The van der Waals surface area contributed by atoms with Crippen molar-refractivity contribution in [2.45, 2.75) is 52.6 Å². The van der Waals surface area contributed by atoms with E-state index >= 15 is 0 Å². The second-order valence-corrected chi connectivity index (χ2v) is 7.29. The number of ether oxygens (including phenoxy) is 1. The number of nitrogens with two attached hydrogens (primary N) is 1. The summed E-state index contributed by atoms with van der Waals surface area (Å²) in [5.41, 5.74) is 10.9. The molecule has 4 heteroatoms. The second kappa shape index (κ2) is 8.76. The number of amides is 1. The fourth-order valence-corrected chi connectivity index (χ4v) is 3.22. The Balaban J connectivity index is 2.28. The Bertz CT molecular complexity index is 817. The predicted molar refractivity (Wildman–Crippen MR) is 109 cm³/mol. The molecule has 4 nitrogen and oxygen atoms in total. The summed E-state index contributed by atoms with van der Waals surface area (Å²) in [7, 11) is 0. The lowest BCUT2D eigenvalue weighted by atomic mass is 9.93. The predicted octanol–water partition coefficient (Wildman–Crippen LogP) is 4.53. The number of carbonyl (C=O) groups is 1. The topological polar surface area (TPSA) is 72.6 Å². The van der Waals surface area contributed by atoms with Crippen LogP contribution in [0.15, 0.2) is 43.0 Å². The van der Waals surface area contributed by atoms with E-state index in [1.807, 2.05) is 32.0 Å². The molecule has 0 spiro atoms. The van der Waals surface area contributed by atoms with Gasteiger partial charge in [0.05, 0.1) is 0 Å². The van der Waals surface area contributed by atoms with Crippen LogP contribution < -0.4 is 10.5 Å². The standard InChI is InChI=1S/C23H29NO3/c1-6-7-22(23(24)26)27-18-10-15(4)20(16(5)11-18)13-17-8-9-21(25)19(12-17)14(2)3/h6,8-12,14,22,25H,1,7,13H2,2-5H3,(H2,24,26). The molecule has 0 saturated heterocycles. The highest BCUT2D eigenvalue weighted by molar-refractivity contribution is 5.79. The highest BCUT2D eigenvalue weighted by atomic mass is 16.5. The lowest BCUT2D eigenvalue weighted by Gasteiger charge is -2.18. The van der Waals surface area contributed by atoms with Crippen molar-refractivity contribution in [1.82, 2.24) is 0 Å². The molecule has 2 aromatic rings. The zero-order valence-corrected chi connectivity index (χ0v) is 16.6. The Labute approximate surface area is 161 Å². The first-order chi connectivity index (χ1) is 12.7. The quantitative estimate of drug-likeness (QED) is 0.673. The average Bonchev–Trinajstić information content (AvgIpc) is 2.58. The summed E-state index contributed by atoms with van der Waals surface area (Å²) in [6.07, 6.45) is 2.06. The molecule has 0 aromatic heterocycles. The van der Waals surface area contributed by atoms with Gasteiger partial charge < -0.3 is 15.6 Å². The summed E-state index contributed by atoms with van der Waals surface area (Å²) in [5.74, 6) is 0.733. The average molecular weight is 367 g/mol. The van der Waals surface area contributed by atoms with Gasteiger partial charge in [-0.25, -0.2) is 0 Å². The van der Waals surface area contributed by atoms with E-state index in [0.29, 0.717) is 17.9 Å². The SMILES string of the molecule is C=CCC(Oc1cc(C)c(Cc2ccc(O)c(C(C)C)c2)c(C)c1)C(N)=O. The molecule has 0 aliphatic carbocycles. The zero-order valence-electron chi connectivity index (χ0n) is 16.6. The van der Waals surface area contributed by atoms with Crippen molar-refractivity contribution in [1.29, 1.82) is 0 Å². The molecule has 0 heterocycles. The first-order valence-corrected chi connectivity index (χ1v) is 9.21. The minimum Gasteiger partial charge on any atom is -0.508 e. The van der Waals surface area contributed by atoms with Gasteiger partial charge in [-0.15, -0.1) is 6.58 Å². The Kier molecular flexibility index (Phi) is 6.67. The Morgan fingerprint density at radius 1 is 1.22 bits per heavy atom. The van der Waals surface area contributed by atoms with E-state index in [0.717, 1.165) is 28.7 Å². The Hall–Kier alpha value is -2.75. The van der Waals surface area contributed by atoms with E-state index in [-0.39, 0.29) is 5.92 Å². The highest BCUT2D eigenvalue weighted by Gasteiger charge is 2.17. The van der Waals surface area contributed by atoms with Crippen LogP contribution in [-0.4, -0.2) is 17.1 Å². The number of phenolic OH excluding ortho intramolecular Hbond substituents is 1. The largest absolute Gasteiger partial charge is 0.508 e. The summed E-state index contributed by atoms with van der Waals surface area (Å²) in [6, 6.07) is 9.66. The molecule has 1 amide bonds. The van der Waals surface area contributed by atoms with Crippen LogP contribution in [0, 0.1) is 13.8 Å². The molecule has 0 aliphatic rings. The fourth-order valence-electron chi connectivity index (χ4n) is 3.22. The normalized spacial score (nSPS) is 12.0. The highest BCUT2D eigenvalue weighted by Crippen LogP contribution is 2.29. The minimum atomic E-state index is -0.710. The van der Waals surface area contributed by atoms with Crippen LogP contribution in [0.5, 0.6) is 11.5 Å². The summed E-state index contributed by atoms with van der Waals surface area (Å²) in [6.45, 7) is 11.8. The van der Waals surface area contributed by atoms with E-state index in [9.17, 15) is 9.90 Å². The number of aromatic hydroxyl groups is 1. The van der Waals surface area contributed by atoms with Gasteiger partial charge in [0, 0.05) is 6.42 Å². The van der Waals surface area contributed by atoms with Gasteiger partial charge in [-0.2, -0.15) is 0 Å².